The number of nitrogens with zero attached hydrogens (tertiary/aromatic N) is 1. The van der Waals surface area contributed by atoms with Crippen LogP contribution in [0.4, 0.5) is 8.78 Å². The number of ether oxygens (including phenoxy) is 1. The van der Waals surface area contributed by atoms with Crippen LogP contribution >= 0.6 is 0 Å². The van der Waals surface area contributed by atoms with E-state index in [2.05, 4.69) is 0 Å². The second-order valence-corrected chi connectivity index (χ2v) is 6.63. The first-order valence-corrected chi connectivity index (χ1v) is 8.52. The topological polar surface area (TPSA) is 66.8 Å². The zero-order chi connectivity index (χ0) is 18.0. The Kier molecular flexibility index (Phi) is 5.32. The van der Waals surface area contributed by atoms with E-state index >= 15 is 0 Å². The molecule has 1 saturated heterocycles. The highest BCUT2D eigenvalue weighted by Crippen LogP contribution is 2.49. The standard InChI is InChI=1S/C18H21F2NO4/c19-11-1-2-13(16(20)9-11)14-10-15(14)18(24)21(6-3-17(22)23)12-4-7-25-8-5-12/h1-2,9,12,14-15H,3-8,10H2,(H,22,23)/t14-,15-/m0/s1. The van der Waals surface area contributed by atoms with Gasteiger partial charge in [0.05, 0.1) is 6.42 Å². The summed E-state index contributed by atoms with van der Waals surface area (Å²) in [4.78, 5) is 25.4. The molecule has 1 aromatic carbocycles. The first-order valence-electron chi connectivity index (χ1n) is 8.52. The summed E-state index contributed by atoms with van der Waals surface area (Å²) < 4.78 is 32.3. The molecule has 7 heteroatoms. The van der Waals surface area contributed by atoms with Gasteiger partial charge in [0.15, 0.2) is 0 Å². The Morgan fingerprint density at radius 3 is 2.60 bits per heavy atom. The maximum absolute atomic E-state index is 13.9. The predicted octanol–water partition coefficient (Wildman–Crippen LogP) is 2.55. The van der Waals surface area contributed by atoms with E-state index < -0.39 is 17.6 Å². The summed E-state index contributed by atoms with van der Waals surface area (Å²) in [5.74, 6) is -3.00. The average Bonchev–Trinajstić information content (AvgIpc) is 3.36. The molecule has 136 valence electrons. The number of rotatable bonds is 6. The van der Waals surface area contributed by atoms with Crippen molar-refractivity contribution >= 4 is 11.9 Å². The molecule has 2 atom stereocenters. The smallest absolute Gasteiger partial charge is 0.305 e. The number of aliphatic carboxylic acids is 1. The van der Waals surface area contributed by atoms with Gasteiger partial charge in [-0.05, 0) is 36.8 Å². The molecule has 0 radical (unpaired) electrons. The number of carboxylic acid groups (broad SMARTS) is 1. The third-order valence-corrected chi connectivity index (χ3v) is 4.95. The van der Waals surface area contributed by atoms with Gasteiger partial charge in [-0.25, -0.2) is 8.78 Å². The lowest BCUT2D eigenvalue weighted by Crippen LogP contribution is -2.45. The fraction of sp³-hybridized carbons (Fsp3) is 0.556. The molecule has 2 aliphatic rings. The zero-order valence-electron chi connectivity index (χ0n) is 13.8. The molecule has 5 nitrogen and oxygen atoms in total. The zero-order valence-corrected chi connectivity index (χ0v) is 13.8. The van der Waals surface area contributed by atoms with E-state index in [9.17, 15) is 18.4 Å². The molecule has 1 saturated carbocycles. The molecule has 1 amide bonds. The minimum atomic E-state index is -0.957. The summed E-state index contributed by atoms with van der Waals surface area (Å²) in [5, 5.41) is 8.94. The van der Waals surface area contributed by atoms with Gasteiger partial charge in [0.1, 0.15) is 11.6 Å². The van der Waals surface area contributed by atoms with Crippen LogP contribution in [-0.2, 0) is 14.3 Å². The molecule has 1 aromatic rings. The molecule has 3 rings (SSSR count). The monoisotopic (exact) mass is 353 g/mol. The number of amides is 1. The highest BCUT2D eigenvalue weighted by molar-refractivity contribution is 5.83. The molecule has 0 spiro atoms. The molecule has 1 N–H and O–H groups in total. The van der Waals surface area contributed by atoms with Crippen molar-refractivity contribution < 1.29 is 28.2 Å². The Morgan fingerprint density at radius 1 is 1.24 bits per heavy atom. The third-order valence-electron chi connectivity index (χ3n) is 4.95. The molecule has 1 aliphatic carbocycles. The number of benzene rings is 1. The fourth-order valence-electron chi connectivity index (χ4n) is 3.51. The minimum Gasteiger partial charge on any atom is -0.481 e. The fourth-order valence-corrected chi connectivity index (χ4v) is 3.51. The van der Waals surface area contributed by atoms with Crippen LogP contribution in [0.2, 0.25) is 0 Å². The van der Waals surface area contributed by atoms with Crippen molar-refractivity contribution in [3.05, 3.63) is 35.4 Å². The summed E-state index contributed by atoms with van der Waals surface area (Å²) in [6, 6.07) is 3.37. The van der Waals surface area contributed by atoms with Gasteiger partial charge in [0.2, 0.25) is 5.91 Å². The van der Waals surface area contributed by atoms with Crippen LogP contribution in [0.5, 0.6) is 0 Å². The molecular formula is C18H21F2NO4. The van der Waals surface area contributed by atoms with E-state index in [0.29, 0.717) is 38.0 Å². The van der Waals surface area contributed by atoms with Crippen LogP contribution in [0.1, 0.15) is 37.2 Å². The first kappa shape index (κ1) is 17.8. The van der Waals surface area contributed by atoms with Gasteiger partial charge in [0, 0.05) is 37.8 Å². The average molecular weight is 353 g/mol. The van der Waals surface area contributed by atoms with Crippen molar-refractivity contribution in [1.29, 1.82) is 0 Å². The second-order valence-electron chi connectivity index (χ2n) is 6.63. The van der Waals surface area contributed by atoms with Crippen molar-refractivity contribution in [3.8, 4) is 0 Å². The Morgan fingerprint density at radius 2 is 1.96 bits per heavy atom. The van der Waals surface area contributed by atoms with Gasteiger partial charge in [-0.15, -0.1) is 0 Å². The third kappa shape index (κ3) is 4.15. The Bertz CT molecular complexity index is 660. The van der Waals surface area contributed by atoms with Crippen LogP contribution in [0.25, 0.3) is 0 Å². The Hall–Kier alpha value is -2.02. The summed E-state index contributed by atoms with van der Waals surface area (Å²) in [6.45, 7) is 1.23. The highest BCUT2D eigenvalue weighted by atomic mass is 19.1. The summed E-state index contributed by atoms with van der Waals surface area (Å²) >= 11 is 0. The van der Waals surface area contributed by atoms with Crippen molar-refractivity contribution in [3.63, 3.8) is 0 Å². The highest BCUT2D eigenvalue weighted by Gasteiger charge is 2.48. The van der Waals surface area contributed by atoms with E-state index in [0.717, 1.165) is 6.07 Å². The number of halogens is 2. The predicted molar refractivity (Wildman–Crippen MR) is 85.0 cm³/mol. The van der Waals surface area contributed by atoms with Crippen molar-refractivity contribution in [2.24, 2.45) is 5.92 Å². The summed E-state index contributed by atoms with van der Waals surface area (Å²) in [5.41, 5.74) is 0.352. The molecular weight excluding hydrogens is 332 g/mol. The molecule has 2 fully saturated rings. The lowest BCUT2D eigenvalue weighted by molar-refractivity contribution is -0.141. The van der Waals surface area contributed by atoms with Crippen LogP contribution in [0.3, 0.4) is 0 Å². The minimum absolute atomic E-state index is 0.0417. The molecule has 0 unspecified atom stereocenters. The van der Waals surface area contributed by atoms with Gasteiger partial charge < -0.3 is 14.7 Å². The summed E-state index contributed by atoms with van der Waals surface area (Å²) in [7, 11) is 0. The molecule has 25 heavy (non-hydrogen) atoms. The SMILES string of the molecule is O=C(O)CCN(C(=O)[C@H]1C[C@H]1c1ccc(F)cc1F)C1CCOCC1. The van der Waals surface area contributed by atoms with Gasteiger partial charge >= 0.3 is 5.97 Å². The van der Waals surface area contributed by atoms with Gasteiger partial charge in [-0.1, -0.05) is 6.07 Å². The van der Waals surface area contributed by atoms with Gasteiger partial charge in [-0.2, -0.15) is 0 Å². The Labute approximate surface area is 144 Å². The van der Waals surface area contributed by atoms with Crippen LogP contribution < -0.4 is 0 Å². The van der Waals surface area contributed by atoms with Gasteiger partial charge in [-0.3, -0.25) is 9.59 Å². The van der Waals surface area contributed by atoms with E-state index in [1.807, 2.05) is 0 Å². The van der Waals surface area contributed by atoms with E-state index in [4.69, 9.17) is 9.84 Å². The summed E-state index contributed by atoms with van der Waals surface area (Å²) in [6.07, 6.45) is 1.74. The van der Waals surface area contributed by atoms with E-state index in [-0.39, 0.29) is 36.8 Å². The van der Waals surface area contributed by atoms with Crippen LogP contribution in [0, 0.1) is 17.6 Å². The molecule has 1 heterocycles. The lowest BCUT2D eigenvalue weighted by Gasteiger charge is -2.34. The second kappa shape index (κ2) is 7.47. The van der Waals surface area contributed by atoms with Crippen LogP contribution in [-0.4, -0.2) is 47.7 Å². The number of hydrogen-bond acceptors (Lipinski definition) is 3. The Balaban J connectivity index is 1.70. The first-order chi connectivity index (χ1) is 12.0. The van der Waals surface area contributed by atoms with Crippen molar-refractivity contribution in [1.82, 2.24) is 4.90 Å². The lowest BCUT2D eigenvalue weighted by atomic mass is 10.0. The van der Waals surface area contributed by atoms with E-state index in [1.165, 1.54) is 12.1 Å². The quantitative estimate of drug-likeness (QED) is 0.854. The van der Waals surface area contributed by atoms with Crippen LogP contribution in [0.15, 0.2) is 18.2 Å². The largest absolute Gasteiger partial charge is 0.481 e. The maximum Gasteiger partial charge on any atom is 0.305 e. The molecule has 0 aromatic heterocycles. The van der Waals surface area contributed by atoms with Crippen molar-refractivity contribution in [2.45, 2.75) is 37.6 Å². The number of hydrogen-bond donors (Lipinski definition) is 1. The van der Waals surface area contributed by atoms with Crippen molar-refractivity contribution in [2.75, 3.05) is 19.8 Å². The van der Waals surface area contributed by atoms with E-state index in [1.54, 1.807) is 4.90 Å². The molecule has 0 bridgehead atoms. The maximum atomic E-state index is 13.9. The number of carbonyl (C=O) groups is 2. The normalized spacial score (nSPS) is 23.3. The number of carbonyl (C=O) groups excluding carboxylic acids is 1. The molecule has 1 aliphatic heterocycles. The van der Waals surface area contributed by atoms with Gasteiger partial charge in [0.25, 0.3) is 0 Å². The number of carboxylic acids is 1.